The van der Waals surface area contributed by atoms with Crippen LogP contribution in [0.5, 0.6) is 0 Å². The summed E-state index contributed by atoms with van der Waals surface area (Å²) in [6.45, 7) is 2.33. The number of amides is 1. The van der Waals surface area contributed by atoms with Gasteiger partial charge in [0.25, 0.3) is 0 Å². The smallest absolute Gasteiger partial charge is 0.229 e. The number of fused-ring (bicyclic) bond motifs is 1. The van der Waals surface area contributed by atoms with Crippen LogP contribution < -0.4 is 5.32 Å². The van der Waals surface area contributed by atoms with Gasteiger partial charge in [-0.25, -0.2) is 12.7 Å². The Morgan fingerprint density at radius 3 is 2.84 bits per heavy atom. The summed E-state index contributed by atoms with van der Waals surface area (Å²) in [5.74, 6) is -0.482. The van der Waals surface area contributed by atoms with Gasteiger partial charge in [-0.1, -0.05) is 0 Å². The van der Waals surface area contributed by atoms with Gasteiger partial charge < -0.3 is 5.32 Å². The number of aryl methyl sites for hydroxylation is 1. The number of hydrogen-bond acceptors (Lipinski definition) is 5. The van der Waals surface area contributed by atoms with Gasteiger partial charge in [0.2, 0.25) is 15.9 Å². The zero-order valence-electron chi connectivity index (χ0n) is 14.4. The average Bonchev–Trinajstić information content (AvgIpc) is 2.98. The number of thiophene rings is 1. The van der Waals surface area contributed by atoms with Crippen LogP contribution in [0.3, 0.4) is 0 Å². The SMILES string of the molecule is CCS(=O)(=O)N1CCC[C@@H](C(=O)Nc2sc3c(c2C#N)CCCC3)C1. The lowest BCUT2D eigenvalue weighted by Crippen LogP contribution is -2.44. The normalized spacial score (nSPS) is 21.4. The minimum atomic E-state index is -3.27. The van der Waals surface area contributed by atoms with Gasteiger partial charge in [-0.15, -0.1) is 11.3 Å². The third kappa shape index (κ3) is 3.73. The number of carbonyl (C=O) groups excluding carboxylic acids is 1. The van der Waals surface area contributed by atoms with Crippen LogP contribution in [-0.4, -0.2) is 37.5 Å². The lowest BCUT2D eigenvalue weighted by atomic mass is 9.96. The molecule has 2 aliphatic rings. The zero-order valence-corrected chi connectivity index (χ0v) is 16.0. The number of nitrogens with zero attached hydrogens (tertiary/aromatic N) is 2. The van der Waals surface area contributed by atoms with Crippen LogP contribution >= 0.6 is 11.3 Å². The molecule has 2 heterocycles. The van der Waals surface area contributed by atoms with Gasteiger partial charge in [0.1, 0.15) is 11.1 Å². The molecule has 1 aromatic heterocycles. The molecule has 1 fully saturated rings. The molecule has 3 rings (SSSR count). The molecule has 136 valence electrons. The van der Waals surface area contributed by atoms with Crippen LogP contribution in [0.15, 0.2) is 0 Å². The minimum Gasteiger partial charge on any atom is -0.316 e. The lowest BCUT2D eigenvalue weighted by Gasteiger charge is -2.30. The van der Waals surface area contributed by atoms with Crippen molar-refractivity contribution in [2.75, 3.05) is 24.2 Å². The summed E-state index contributed by atoms with van der Waals surface area (Å²) in [6.07, 6.45) is 5.43. The molecule has 1 amide bonds. The molecule has 0 unspecified atom stereocenters. The maximum Gasteiger partial charge on any atom is 0.229 e. The van der Waals surface area contributed by atoms with Gasteiger partial charge in [0.05, 0.1) is 17.2 Å². The molecule has 25 heavy (non-hydrogen) atoms. The first-order valence-electron chi connectivity index (χ1n) is 8.79. The molecule has 0 spiro atoms. The van der Waals surface area contributed by atoms with Crippen molar-refractivity contribution in [1.82, 2.24) is 4.31 Å². The highest BCUT2D eigenvalue weighted by molar-refractivity contribution is 7.89. The number of rotatable bonds is 4. The van der Waals surface area contributed by atoms with Gasteiger partial charge >= 0.3 is 0 Å². The van der Waals surface area contributed by atoms with E-state index in [-0.39, 0.29) is 24.1 Å². The van der Waals surface area contributed by atoms with Crippen LogP contribution in [0.4, 0.5) is 5.00 Å². The van der Waals surface area contributed by atoms with E-state index in [0.717, 1.165) is 31.2 Å². The Hall–Kier alpha value is -1.43. The van der Waals surface area contributed by atoms with Gasteiger partial charge in [0, 0.05) is 18.0 Å². The van der Waals surface area contributed by atoms with E-state index in [9.17, 15) is 18.5 Å². The molecule has 6 nitrogen and oxygen atoms in total. The Labute approximate surface area is 152 Å². The second kappa shape index (κ2) is 7.44. The third-order valence-corrected chi connectivity index (χ3v) is 8.09. The van der Waals surface area contributed by atoms with Gasteiger partial charge in [-0.2, -0.15) is 5.26 Å². The average molecular weight is 382 g/mol. The van der Waals surface area contributed by atoms with Crippen molar-refractivity contribution >= 4 is 32.3 Å². The highest BCUT2D eigenvalue weighted by Crippen LogP contribution is 2.38. The van der Waals surface area contributed by atoms with Crippen molar-refractivity contribution in [1.29, 1.82) is 5.26 Å². The number of sulfonamides is 1. The molecule has 0 radical (unpaired) electrons. The van der Waals surface area contributed by atoms with E-state index in [1.54, 1.807) is 6.92 Å². The van der Waals surface area contributed by atoms with Crippen molar-refractivity contribution in [3.05, 3.63) is 16.0 Å². The molecule has 1 aromatic rings. The largest absolute Gasteiger partial charge is 0.316 e. The molecule has 0 bridgehead atoms. The number of hydrogen-bond donors (Lipinski definition) is 1. The van der Waals surface area contributed by atoms with Crippen molar-refractivity contribution < 1.29 is 13.2 Å². The van der Waals surface area contributed by atoms with E-state index >= 15 is 0 Å². The summed E-state index contributed by atoms with van der Waals surface area (Å²) in [5, 5.41) is 13.0. The van der Waals surface area contributed by atoms with Crippen molar-refractivity contribution in [3.63, 3.8) is 0 Å². The molecule has 1 saturated heterocycles. The van der Waals surface area contributed by atoms with E-state index in [2.05, 4.69) is 11.4 Å². The first-order chi connectivity index (χ1) is 12.0. The summed E-state index contributed by atoms with van der Waals surface area (Å²) in [5.41, 5.74) is 1.69. The zero-order chi connectivity index (χ0) is 18.0. The Morgan fingerprint density at radius 2 is 2.12 bits per heavy atom. The molecule has 1 N–H and O–H groups in total. The summed E-state index contributed by atoms with van der Waals surface area (Å²) >= 11 is 1.50. The van der Waals surface area contributed by atoms with Crippen LogP contribution in [0.25, 0.3) is 0 Å². The molecule has 1 aliphatic carbocycles. The minimum absolute atomic E-state index is 0.0531. The van der Waals surface area contributed by atoms with Crippen LogP contribution in [0.2, 0.25) is 0 Å². The van der Waals surface area contributed by atoms with Crippen molar-refractivity contribution in [3.8, 4) is 6.07 Å². The maximum absolute atomic E-state index is 12.7. The Bertz CT molecular complexity index is 808. The molecule has 0 aromatic carbocycles. The van der Waals surface area contributed by atoms with Crippen molar-refractivity contribution in [2.45, 2.75) is 45.4 Å². The lowest BCUT2D eigenvalue weighted by molar-refractivity contribution is -0.120. The van der Waals surface area contributed by atoms with Crippen molar-refractivity contribution in [2.24, 2.45) is 5.92 Å². The summed E-state index contributed by atoms with van der Waals surface area (Å²) in [7, 11) is -3.27. The number of anilines is 1. The van der Waals surface area contributed by atoms with Crippen LogP contribution in [0, 0.1) is 17.2 Å². The fraction of sp³-hybridized carbons (Fsp3) is 0.647. The Kier molecular flexibility index (Phi) is 5.46. The van der Waals surface area contributed by atoms with Gasteiger partial charge in [-0.05, 0) is 51.0 Å². The molecule has 0 saturated carbocycles. The highest BCUT2D eigenvalue weighted by Gasteiger charge is 2.32. The topological polar surface area (TPSA) is 90.3 Å². The predicted octanol–water partition coefficient (Wildman–Crippen LogP) is 2.50. The quantitative estimate of drug-likeness (QED) is 0.867. The van der Waals surface area contributed by atoms with E-state index in [4.69, 9.17) is 0 Å². The number of nitrogens with one attached hydrogen (secondary N) is 1. The Morgan fingerprint density at radius 1 is 1.36 bits per heavy atom. The first-order valence-corrected chi connectivity index (χ1v) is 11.2. The third-order valence-electron chi connectivity index (χ3n) is 5.03. The van der Waals surface area contributed by atoms with Crippen LogP contribution in [-0.2, 0) is 27.7 Å². The molecule has 1 atom stereocenters. The summed E-state index contributed by atoms with van der Waals surface area (Å²) < 4.78 is 25.6. The van der Waals surface area contributed by atoms with Gasteiger partial charge in [0.15, 0.2) is 0 Å². The molecular formula is C17H23N3O3S2. The second-order valence-electron chi connectivity index (χ2n) is 6.61. The number of piperidine rings is 1. The highest BCUT2D eigenvalue weighted by atomic mass is 32.2. The summed E-state index contributed by atoms with van der Waals surface area (Å²) in [6, 6.07) is 2.24. The fourth-order valence-electron chi connectivity index (χ4n) is 3.58. The van der Waals surface area contributed by atoms with E-state index in [1.807, 2.05) is 0 Å². The molecular weight excluding hydrogens is 358 g/mol. The molecule has 1 aliphatic heterocycles. The van der Waals surface area contributed by atoms with E-state index < -0.39 is 10.0 Å². The standard InChI is InChI=1S/C17H23N3O3S2/c1-2-25(22,23)20-9-5-6-12(11-20)16(21)19-17-14(10-18)13-7-3-4-8-15(13)24-17/h12H,2-9,11H2,1H3,(H,19,21)/t12-/m1/s1. The number of nitriles is 1. The summed E-state index contributed by atoms with van der Waals surface area (Å²) in [4.78, 5) is 13.9. The Balaban J connectivity index is 1.74. The number of carbonyl (C=O) groups is 1. The maximum atomic E-state index is 12.7. The molecule has 8 heteroatoms. The van der Waals surface area contributed by atoms with Crippen LogP contribution in [0.1, 0.15) is 48.6 Å². The fourth-order valence-corrected chi connectivity index (χ4v) is 6.00. The van der Waals surface area contributed by atoms with E-state index in [1.165, 1.54) is 20.5 Å². The monoisotopic (exact) mass is 381 g/mol. The predicted molar refractivity (Wildman–Crippen MR) is 98.1 cm³/mol. The first kappa shape index (κ1) is 18.4. The van der Waals surface area contributed by atoms with E-state index in [0.29, 0.717) is 30.0 Å². The second-order valence-corrected chi connectivity index (χ2v) is 9.98. The van der Waals surface area contributed by atoms with Gasteiger partial charge in [-0.3, -0.25) is 4.79 Å².